The van der Waals surface area contributed by atoms with Crippen molar-refractivity contribution in [3.05, 3.63) is 103 Å². The van der Waals surface area contributed by atoms with Crippen LogP contribution in [-0.2, 0) is 6.42 Å². The van der Waals surface area contributed by atoms with E-state index in [9.17, 15) is 0 Å². The molecule has 0 saturated heterocycles. The van der Waals surface area contributed by atoms with Crippen molar-refractivity contribution in [1.29, 1.82) is 0 Å². The maximum atomic E-state index is 4.94. The molecule has 7 rings (SSSR count). The Morgan fingerprint density at radius 2 is 1.37 bits per heavy atom. The molecule has 2 aromatic heterocycles. The lowest BCUT2D eigenvalue weighted by Gasteiger charge is -2.13. The molecule has 1 nitrogen and oxygen atoms in total. The average molecular weight is 468 g/mol. The summed E-state index contributed by atoms with van der Waals surface area (Å²) in [5, 5.41) is 10.3. The van der Waals surface area contributed by atoms with Crippen LogP contribution in [0.3, 0.4) is 0 Å². The molecule has 0 N–H and O–H groups in total. The van der Waals surface area contributed by atoms with E-state index < -0.39 is 0 Å². The van der Waals surface area contributed by atoms with Gasteiger partial charge < -0.3 is 0 Å². The summed E-state index contributed by atoms with van der Waals surface area (Å²) in [4.78, 5) is 4.94. The Hall–Kier alpha value is -3.75. The third-order valence-corrected chi connectivity index (χ3v) is 8.39. The molecule has 7 aromatic rings. The molecule has 0 bridgehead atoms. The van der Waals surface area contributed by atoms with Gasteiger partial charge in [-0.15, -0.1) is 11.3 Å². The molecule has 0 aliphatic heterocycles. The van der Waals surface area contributed by atoms with Crippen molar-refractivity contribution in [2.24, 2.45) is 5.92 Å². The van der Waals surface area contributed by atoms with E-state index in [1.165, 1.54) is 63.6 Å². The van der Waals surface area contributed by atoms with E-state index in [1.54, 1.807) is 0 Å². The van der Waals surface area contributed by atoms with Crippen LogP contribution in [0.2, 0.25) is 0 Å². The molecular weight excluding hydrogens is 442 g/mol. The standard InChI is InChI=1S/C33H25NS/c1-20(2)17-23-18-22(19-30-28-9-5-6-10-31(28)35-33(23)30)32-29-14-13-25-24-8-4-3-7-21(24)11-12-26(25)27(29)15-16-34-32/h3-16,18-20H,17H2,1-2H3. The van der Waals surface area contributed by atoms with Crippen molar-refractivity contribution in [2.45, 2.75) is 20.3 Å². The number of hydrogen-bond donors (Lipinski definition) is 0. The minimum atomic E-state index is 0.594. The van der Waals surface area contributed by atoms with Crippen molar-refractivity contribution >= 4 is 63.8 Å². The highest BCUT2D eigenvalue weighted by Crippen LogP contribution is 2.41. The summed E-state index contributed by atoms with van der Waals surface area (Å²) in [6, 6.07) is 33.4. The van der Waals surface area contributed by atoms with E-state index in [1.807, 2.05) is 17.5 Å². The second-order valence-corrected chi connectivity index (χ2v) is 11.0. The molecule has 0 unspecified atom stereocenters. The number of fused-ring (bicyclic) bond motifs is 8. The van der Waals surface area contributed by atoms with Gasteiger partial charge in [0.15, 0.2) is 0 Å². The van der Waals surface area contributed by atoms with Crippen molar-refractivity contribution in [3.63, 3.8) is 0 Å². The topological polar surface area (TPSA) is 12.9 Å². The monoisotopic (exact) mass is 467 g/mol. The van der Waals surface area contributed by atoms with E-state index in [4.69, 9.17) is 4.98 Å². The summed E-state index contributed by atoms with van der Waals surface area (Å²) in [7, 11) is 0. The normalized spacial score (nSPS) is 12.1. The Morgan fingerprint density at radius 1 is 0.657 bits per heavy atom. The maximum Gasteiger partial charge on any atom is 0.0780 e. The zero-order chi connectivity index (χ0) is 23.5. The Balaban J connectivity index is 1.53. The highest BCUT2D eigenvalue weighted by atomic mass is 32.1. The third kappa shape index (κ3) is 3.25. The molecule has 0 spiro atoms. The summed E-state index contributed by atoms with van der Waals surface area (Å²) < 4.78 is 2.77. The SMILES string of the molecule is CC(C)Cc1cc(-c2nccc3c2ccc2c4ccccc4ccc32)cc2c1sc1ccccc12. The minimum absolute atomic E-state index is 0.594. The molecule has 0 amide bonds. The number of rotatable bonds is 3. The van der Waals surface area contributed by atoms with E-state index in [0.717, 1.165) is 12.1 Å². The molecule has 0 radical (unpaired) electrons. The second kappa shape index (κ2) is 7.90. The summed E-state index contributed by atoms with van der Waals surface area (Å²) in [6.45, 7) is 4.61. The molecule has 0 saturated carbocycles. The first-order valence-corrected chi connectivity index (χ1v) is 13.1. The minimum Gasteiger partial charge on any atom is -0.256 e. The Morgan fingerprint density at radius 3 is 2.26 bits per heavy atom. The van der Waals surface area contributed by atoms with Crippen LogP contribution in [0.15, 0.2) is 97.2 Å². The van der Waals surface area contributed by atoms with Gasteiger partial charge in [0.05, 0.1) is 5.69 Å². The lowest BCUT2D eigenvalue weighted by Crippen LogP contribution is -1.96. The van der Waals surface area contributed by atoms with Gasteiger partial charge in [-0.3, -0.25) is 4.98 Å². The molecule has 168 valence electrons. The Labute approximate surface area is 208 Å². The lowest BCUT2D eigenvalue weighted by molar-refractivity contribution is 0.651. The number of thiophene rings is 1. The number of aromatic nitrogens is 1. The van der Waals surface area contributed by atoms with Crippen LogP contribution < -0.4 is 0 Å². The van der Waals surface area contributed by atoms with Crippen LogP contribution in [0.5, 0.6) is 0 Å². The van der Waals surface area contributed by atoms with Crippen molar-refractivity contribution in [1.82, 2.24) is 4.98 Å². The van der Waals surface area contributed by atoms with E-state index in [0.29, 0.717) is 5.92 Å². The smallest absolute Gasteiger partial charge is 0.0780 e. The number of hydrogen-bond acceptors (Lipinski definition) is 2. The van der Waals surface area contributed by atoms with Gasteiger partial charge in [-0.1, -0.05) is 80.6 Å². The van der Waals surface area contributed by atoms with Crippen molar-refractivity contribution < 1.29 is 0 Å². The van der Waals surface area contributed by atoms with Gasteiger partial charge in [-0.05, 0) is 69.1 Å². The molecule has 35 heavy (non-hydrogen) atoms. The molecular formula is C33H25NS. The molecule has 2 heteroatoms. The van der Waals surface area contributed by atoms with Crippen LogP contribution in [0.25, 0.3) is 63.7 Å². The predicted octanol–water partition coefficient (Wildman–Crippen LogP) is 9.77. The Bertz CT molecular complexity index is 1910. The van der Waals surface area contributed by atoms with Gasteiger partial charge in [0, 0.05) is 37.3 Å². The van der Waals surface area contributed by atoms with Gasteiger partial charge in [-0.2, -0.15) is 0 Å². The second-order valence-electron chi connectivity index (χ2n) is 9.91. The van der Waals surface area contributed by atoms with Crippen LogP contribution in [0.4, 0.5) is 0 Å². The van der Waals surface area contributed by atoms with Gasteiger partial charge in [0.2, 0.25) is 0 Å². The fraction of sp³-hybridized carbons (Fsp3) is 0.121. The average Bonchev–Trinajstić information content (AvgIpc) is 3.27. The van der Waals surface area contributed by atoms with E-state index >= 15 is 0 Å². The molecule has 0 fully saturated rings. The van der Waals surface area contributed by atoms with Gasteiger partial charge in [0.1, 0.15) is 0 Å². The number of benzene rings is 5. The zero-order valence-electron chi connectivity index (χ0n) is 19.9. The molecule has 2 heterocycles. The summed E-state index contributed by atoms with van der Waals surface area (Å²) >= 11 is 1.92. The fourth-order valence-electron chi connectivity index (χ4n) is 5.61. The fourth-order valence-corrected chi connectivity index (χ4v) is 6.82. The molecule has 5 aromatic carbocycles. The number of pyridine rings is 1. The lowest BCUT2D eigenvalue weighted by atomic mass is 9.93. The summed E-state index contributed by atoms with van der Waals surface area (Å²) in [6.07, 6.45) is 3.04. The van der Waals surface area contributed by atoms with Gasteiger partial charge in [-0.25, -0.2) is 0 Å². The molecule has 0 aliphatic carbocycles. The first-order valence-electron chi connectivity index (χ1n) is 12.3. The van der Waals surface area contributed by atoms with E-state index in [-0.39, 0.29) is 0 Å². The molecule has 0 atom stereocenters. The van der Waals surface area contributed by atoms with Crippen LogP contribution in [0.1, 0.15) is 19.4 Å². The third-order valence-electron chi connectivity index (χ3n) is 7.12. The van der Waals surface area contributed by atoms with Gasteiger partial charge in [0.25, 0.3) is 0 Å². The van der Waals surface area contributed by atoms with E-state index in [2.05, 4.69) is 105 Å². The first-order chi connectivity index (χ1) is 17.2. The largest absolute Gasteiger partial charge is 0.256 e. The highest BCUT2D eigenvalue weighted by molar-refractivity contribution is 7.26. The van der Waals surface area contributed by atoms with Crippen LogP contribution in [0, 0.1) is 5.92 Å². The molecule has 0 aliphatic rings. The zero-order valence-corrected chi connectivity index (χ0v) is 20.7. The van der Waals surface area contributed by atoms with Crippen LogP contribution >= 0.6 is 11.3 Å². The first kappa shape index (κ1) is 20.6. The number of nitrogens with zero attached hydrogens (tertiary/aromatic N) is 1. The predicted molar refractivity (Wildman–Crippen MR) is 154 cm³/mol. The Kier molecular flexibility index (Phi) is 4.65. The van der Waals surface area contributed by atoms with Gasteiger partial charge >= 0.3 is 0 Å². The summed E-state index contributed by atoms with van der Waals surface area (Å²) in [5.74, 6) is 0.594. The summed E-state index contributed by atoms with van der Waals surface area (Å²) in [5.41, 5.74) is 3.71. The van der Waals surface area contributed by atoms with Crippen LogP contribution in [-0.4, -0.2) is 4.98 Å². The van der Waals surface area contributed by atoms with Crippen molar-refractivity contribution in [3.8, 4) is 11.3 Å². The highest BCUT2D eigenvalue weighted by Gasteiger charge is 2.16. The maximum absolute atomic E-state index is 4.94. The quantitative estimate of drug-likeness (QED) is 0.236. The van der Waals surface area contributed by atoms with Crippen molar-refractivity contribution in [2.75, 3.05) is 0 Å².